The van der Waals surface area contributed by atoms with Crippen molar-refractivity contribution in [2.75, 3.05) is 7.11 Å². The maximum atomic E-state index is 5.35. The highest BCUT2D eigenvalue weighted by atomic mass is 16.5. The topological polar surface area (TPSA) is 26.5 Å². The third kappa shape index (κ3) is 1.56. The lowest BCUT2D eigenvalue weighted by Gasteiger charge is -2.05. The molecule has 0 saturated heterocycles. The minimum atomic E-state index is 0.794. The maximum absolute atomic E-state index is 5.35. The number of benzene rings is 1. The van der Waals surface area contributed by atoms with E-state index in [0.29, 0.717) is 0 Å². The Hall–Kier alpha value is -2.29. The van der Waals surface area contributed by atoms with Crippen LogP contribution in [0.5, 0.6) is 5.75 Å². The molecule has 0 radical (unpaired) electrons. The lowest BCUT2D eigenvalue weighted by atomic mass is 10.1. The summed E-state index contributed by atoms with van der Waals surface area (Å²) in [5.41, 5.74) is 4.14. The molecule has 3 aromatic rings. The van der Waals surface area contributed by atoms with Gasteiger partial charge in [-0.1, -0.05) is 30.3 Å². The van der Waals surface area contributed by atoms with Crippen LogP contribution < -0.4 is 4.74 Å². The molecule has 3 nitrogen and oxygen atoms in total. The van der Waals surface area contributed by atoms with Crippen LogP contribution in [-0.4, -0.2) is 16.5 Å². The van der Waals surface area contributed by atoms with E-state index in [4.69, 9.17) is 4.74 Å². The number of rotatable bonds is 2. The van der Waals surface area contributed by atoms with Crippen molar-refractivity contribution in [2.45, 2.75) is 6.92 Å². The van der Waals surface area contributed by atoms with Crippen LogP contribution >= 0.6 is 0 Å². The van der Waals surface area contributed by atoms with Gasteiger partial charge in [-0.2, -0.15) is 0 Å². The highest BCUT2D eigenvalue weighted by Crippen LogP contribution is 2.28. The molecule has 3 heteroatoms. The number of methoxy groups -OCH3 is 1. The quantitative estimate of drug-likeness (QED) is 0.684. The summed E-state index contributed by atoms with van der Waals surface area (Å²) in [5, 5.41) is 0. The smallest absolute Gasteiger partial charge is 0.180 e. The molecule has 0 fully saturated rings. The van der Waals surface area contributed by atoms with Crippen LogP contribution in [-0.2, 0) is 0 Å². The Morgan fingerprint density at radius 2 is 1.83 bits per heavy atom. The van der Waals surface area contributed by atoms with Crippen LogP contribution in [0.3, 0.4) is 0 Å². The van der Waals surface area contributed by atoms with E-state index < -0.39 is 0 Å². The van der Waals surface area contributed by atoms with Gasteiger partial charge in [0.05, 0.1) is 18.5 Å². The molecule has 18 heavy (non-hydrogen) atoms. The molecule has 0 unspecified atom stereocenters. The molecule has 2 heterocycles. The van der Waals surface area contributed by atoms with Crippen molar-refractivity contribution in [3.05, 3.63) is 54.4 Å². The molecule has 0 amide bonds. The molecule has 0 saturated carbocycles. The van der Waals surface area contributed by atoms with E-state index in [0.717, 1.165) is 28.3 Å². The Morgan fingerprint density at radius 3 is 2.56 bits per heavy atom. The van der Waals surface area contributed by atoms with Gasteiger partial charge < -0.3 is 4.74 Å². The number of aromatic nitrogens is 2. The normalized spacial score (nSPS) is 10.8. The van der Waals surface area contributed by atoms with Gasteiger partial charge in [-0.15, -0.1) is 0 Å². The second kappa shape index (κ2) is 4.18. The second-order valence-electron chi connectivity index (χ2n) is 4.18. The first kappa shape index (κ1) is 10.8. The van der Waals surface area contributed by atoms with Crippen LogP contribution in [0.25, 0.3) is 16.9 Å². The molecular formula is C15H14N2O. The summed E-state index contributed by atoms with van der Waals surface area (Å²) in [6.07, 6.45) is 2.01. The summed E-state index contributed by atoms with van der Waals surface area (Å²) in [5.74, 6) is 0.794. The number of hydrogen-bond donors (Lipinski definition) is 0. The number of fused-ring (bicyclic) bond motifs is 1. The molecular weight excluding hydrogens is 224 g/mol. The molecule has 0 atom stereocenters. The standard InChI is InChI=1S/C15H14N2O/c1-11-14(12-7-4-3-5-8-12)17-10-6-9-13(18-2)15(17)16-11/h3-10H,1-2H3. The summed E-state index contributed by atoms with van der Waals surface area (Å²) in [7, 11) is 1.67. The zero-order chi connectivity index (χ0) is 12.5. The van der Waals surface area contributed by atoms with Gasteiger partial charge in [0.25, 0.3) is 0 Å². The summed E-state index contributed by atoms with van der Waals surface area (Å²) in [6, 6.07) is 14.2. The lowest BCUT2D eigenvalue weighted by Crippen LogP contribution is -1.91. The third-order valence-corrected chi connectivity index (χ3v) is 3.06. The minimum Gasteiger partial charge on any atom is -0.493 e. The molecule has 0 aliphatic rings. The second-order valence-corrected chi connectivity index (χ2v) is 4.18. The van der Waals surface area contributed by atoms with Crippen LogP contribution in [0.15, 0.2) is 48.7 Å². The summed E-state index contributed by atoms with van der Waals surface area (Å²) in [4.78, 5) is 4.60. The average Bonchev–Trinajstić information content (AvgIpc) is 2.75. The molecule has 0 aliphatic carbocycles. The van der Waals surface area contributed by atoms with E-state index in [1.165, 1.54) is 0 Å². The predicted octanol–water partition coefficient (Wildman–Crippen LogP) is 3.32. The largest absolute Gasteiger partial charge is 0.493 e. The summed E-state index contributed by atoms with van der Waals surface area (Å²) >= 11 is 0. The number of pyridine rings is 1. The molecule has 0 N–H and O–H groups in total. The van der Waals surface area contributed by atoms with Gasteiger partial charge in [-0.3, -0.25) is 4.40 Å². The van der Waals surface area contributed by atoms with E-state index in [-0.39, 0.29) is 0 Å². The Bertz CT molecular complexity index is 686. The Kier molecular flexibility index (Phi) is 2.52. The van der Waals surface area contributed by atoms with Crippen molar-refractivity contribution >= 4 is 5.65 Å². The molecule has 0 spiro atoms. The van der Waals surface area contributed by atoms with Crippen LogP contribution in [0.2, 0.25) is 0 Å². The fraction of sp³-hybridized carbons (Fsp3) is 0.133. The number of hydrogen-bond acceptors (Lipinski definition) is 2. The Balaban J connectivity index is 2.34. The SMILES string of the molecule is COc1cccn2c(-c3ccccc3)c(C)nc12. The number of ether oxygens (including phenoxy) is 1. The zero-order valence-electron chi connectivity index (χ0n) is 10.4. The lowest BCUT2D eigenvalue weighted by molar-refractivity contribution is 0.417. The Labute approximate surface area is 106 Å². The van der Waals surface area contributed by atoms with Crippen molar-refractivity contribution in [3.63, 3.8) is 0 Å². The van der Waals surface area contributed by atoms with E-state index in [9.17, 15) is 0 Å². The number of nitrogens with zero attached hydrogens (tertiary/aromatic N) is 2. The first-order chi connectivity index (χ1) is 8.81. The summed E-state index contributed by atoms with van der Waals surface area (Å²) < 4.78 is 7.42. The van der Waals surface area contributed by atoms with Crippen molar-refractivity contribution in [1.29, 1.82) is 0 Å². The fourth-order valence-electron chi connectivity index (χ4n) is 2.26. The first-order valence-electron chi connectivity index (χ1n) is 5.88. The first-order valence-corrected chi connectivity index (χ1v) is 5.88. The number of imidazole rings is 1. The number of aryl methyl sites for hydroxylation is 1. The van der Waals surface area contributed by atoms with E-state index in [2.05, 4.69) is 21.5 Å². The van der Waals surface area contributed by atoms with Gasteiger partial charge >= 0.3 is 0 Å². The minimum absolute atomic E-state index is 0.794. The van der Waals surface area contributed by atoms with Crippen molar-refractivity contribution in [3.8, 4) is 17.0 Å². The van der Waals surface area contributed by atoms with Crippen molar-refractivity contribution in [1.82, 2.24) is 9.38 Å². The van der Waals surface area contributed by atoms with Crippen molar-refractivity contribution in [2.24, 2.45) is 0 Å². The van der Waals surface area contributed by atoms with Gasteiger partial charge in [0.15, 0.2) is 11.4 Å². The highest BCUT2D eigenvalue weighted by molar-refractivity contribution is 5.69. The van der Waals surface area contributed by atoms with E-state index >= 15 is 0 Å². The predicted molar refractivity (Wildman–Crippen MR) is 71.9 cm³/mol. The van der Waals surface area contributed by atoms with Gasteiger partial charge in [0, 0.05) is 11.8 Å². The zero-order valence-corrected chi connectivity index (χ0v) is 10.4. The molecule has 2 aromatic heterocycles. The average molecular weight is 238 g/mol. The Morgan fingerprint density at radius 1 is 1.06 bits per heavy atom. The van der Waals surface area contributed by atoms with Crippen molar-refractivity contribution < 1.29 is 4.74 Å². The van der Waals surface area contributed by atoms with Gasteiger partial charge in [0.2, 0.25) is 0 Å². The van der Waals surface area contributed by atoms with Gasteiger partial charge in [-0.05, 0) is 19.1 Å². The van der Waals surface area contributed by atoms with Crippen LogP contribution in [0.1, 0.15) is 5.69 Å². The maximum Gasteiger partial charge on any atom is 0.180 e. The monoisotopic (exact) mass is 238 g/mol. The van der Waals surface area contributed by atoms with Crippen LogP contribution in [0.4, 0.5) is 0 Å². The molecule has 90 valence electrons. The molecule has 1 aromatic carbocycles. The van der Waals surface area contributed by atoms with Gasteiger partial charge in [0.1, 0.15) is 0 Å². The van der Waals surface area contributed by atoms with E-state index in [1.54, 1.807) is 7.11 Å². The third-order valence-electron chi connectivity index (χ3n) is 3.06. The summed E-state index contributed by atoms with van der Waals surface area (Å²) in [6.45, 7) is 2.02. The fourth-order valence-corrected chi connectivity index (χ4v) is 2.26. The molecule has 0 bridgehead atoms. The van der Waals surface area contributed by atoms with Crippen LogP contribution in [0, 0.1) is 6.92 Å². The highest BCUT2D eigenvalue weighted by Gasteiger charge is 2.12. The van der Waals surface area contributed by atoms with E-state index in [1.807, 2.05) is 43.5 Å². The molecule has 3 rings (SSSR count). The van der Waals surface area contributed by atoms with Gasteiger partial charge in [-0.25, -0.2) is 4.98 Å². The molecule has 0 aliphatic heterocycles.